The van der Waals surface area contributed by atoms with Crippen LogP contribution in [0.25, 0.3) is 0 Å². The summed E-state index contributed by atoms with van der Waals surface area (Å²) >= 11 is 0. The van der Waals surface area contributed by atoms with Crippen molar-refractivity contribution in [2.75, 3.05) is 19.6 Å². The summed E-state index contributed by atoms with van der Waals surface area (Å²) < 4.78 is 84.3. The number of carboxylic acid groups (broad SMARTS) is 2. The van der Waals surface area contributed by atoms with Crippen molar-refractivity contribution < 1.29 is 55.3 Å². The topological polar surface area (TPSA) is 105 Å². The molecule has 1 fully saturated rings. The molecule has 1 aromatic heterocycles. The van der Waals surface area contributed by atoms with E-state index in [1.54, 1.807) is 12.1 Å². The third kappa shape index (κ3) is 12.6. The van der Waals surface area contributed by atoms with E-state index in [-0.39, 0.29) is 11.9 Å². The maximum Gasteiger partial charge on any atom is 0.490 e. The van der Waals surface area contributed by atoms with Crippen LogP contribution < -0.4 is 4.74 Å². The number of carbonyl (C=O) groups is 2. The fourth-order valence-corrected chi connectivity index (χ4v) is 2.63. The Morgan fingerprint density at radius 2 is 1.43 bits per heavy atom. The highest BCUT2D eigenvalue weighted by atomic mass is 19.4. The molecule has 15 heteroatoms. The number of benzene rings is 1. The van der Waals surface area contributed by atoms with Gasteiger partial charge in [-0.05, 0) is 37.1 Å². The average molecular weight is 517 g/mol. The molecule has 0 unspecified atom stereocenters. The summed E-state index contributed by atoms with van der Waals surface area (Å²) in [6.07, 6.45) is -2.25. The molecule has 0 amide bonds. The predicted molar refractivity (Wildman–Crippen MR) is 106 cm³/mol. The van der Waals surface area contributed by atoms with E-state index in [1.807, 2.05) is 18.7 Å². The third-order valence-electron chi connectivity index (χ3n) is 4.37. The molecule has 1 aliphatic rings. The van der Waals surface area contributed by atoms with E-state index < -0.39 is 24.3 Å². The van der Waals surface area contributed by atoms with E-state index in [0.717, 1.165) is 44.8 Å². The van der Waals surface area contributed by atoms with Gasteiger partial charge in [0.05, 0.1) is 6.33 Å². The second-order valence-electron chi connectivity index (χ2n) is 7.02. The van der Waals surface area contributed by atoms with E-state index >= 15 is 0 Å². The zero-order valence-electron chi connectivity index (χ0n) is 18.0. The molecule has 0 bridgehead atoms. The highest BCUT2D eigenvalue weighted by molar-refractivity contribution is 5.73. The van der Waals surface area contributed by atoms with Crippen LogP contribution in [0.1, 0.15) is 12.8 Å². The molecule has 1 aromatic carbocycles. The van der Waals surface area contributed by atoms with Crippen LogP contribution in [-0.4, -0.2) is 74.7 Å². The molecule has 1 saturated heterocycles. The first kappa shape index (κ1) is 29.7. The molecule has 0 aliphatic carbocycles. The molecule has 35 heavy (non-hydrogen) atoms. The Hall–Kier alpha value is -3.36. The van der Waals surface area contributed by atoms with Gasteiger partial charge in [0, 0.05) is 38.6 Å². The normalized spacial score (nSPS) is 14.7. The van der Waals surface area contributed by atoms with Gasteiger partial charge in [0.25, 0.3) is 0 Å². The Morgan fingerprint density at radius 1 is 0.943 bits per heavy atom. The highest BCUT2D eigenvalue weighted by Gasteiger charge is 2.38. The Morgan fingerprint density at radius 3 is 1.83 bits per heavy atom. The zero-order chi connectivity index (χ0) is 26.6. The SMILES string of the molecule is Fc1ccc(OC2CCN(CCn3ccnc3)CC2)cc1.O=C(O)C(F)(F)F.O=C(O)C(F)(F)F. The Balaban J connectivity index is 0.000000362. The van der Waals surface area contributed by atoms with Crippen molar-refractivity contribution >= 4 is 11.9 Å². The monoisotopic (exact) mass is 517 g/mol. The predicted octanol–water partition coefficient (Wildman–Crippen LogP) is 3.83. The number of nitrogens with zero attached hydrogens (tertiary/aromatic N) is 3. The Kier molecular flexibility index (Phi) is 11.5. The summed E-state index contributed by atoms with van der Waals surface area (Å²) in [5.41, 5.74) is 0. The molecule has 0 spiro atoms. The van der Waals surface area contributed by atoms with Crippen LogP contribution in [-0.2, 0) is 16.1 Å². The fourth-order valence-electron chi connectivity index (χ4n) is 2.63. The molecule has 2 N–H and O–H groups in total. The maximum atomic E-state index is 12.8. The quantitative estimate of drug-likeness (QED) is 0.581. The lowest BCUT2D eigenvalue weighted by Crippen LogP contribution is -2.39. The van der Waals surface area contributed by atoms with Crippen molar-refractivity contribution in [1.82, 2.24) is 14.5 Å². The van der Waals surface area contributed by atoms with E-state index in [1.165, 1.54) is 12.1 Å². The average Bonchev–Trinajstić information content (AvgIpc) is 3.28. The molecular formula is C20H22F7N3O5. The number of likely N-dealkylation sites (tertiary alicyclic amines) is 1. The lowest BCUT2D eigenvalue weighted by molar-refractivity contribution is -0.193. The lowest BCUT2D eigenvalue weighted by Gasteiger charge is -2.32. The lowest BCUT2D eigenvalue weighted by atomic mass is 10.1. The van der Waals surface area contributed by atoms with Crippen LogP contribution in [0.3, 0.4) is 0 Å². The van der Waals surface area contributed by atoms with Gasteiger partial charge < -0.3 is 24.4 Å². The van der Waals surface area contributed by atoms with Gasteiger partial charge in [0.15, 0.2) is 0 Å². The van der Waals surface area contributed by atoms with E-state index in [2.05, 4.69) is 14.5 Å². The zero-order valence-corrected chi connectivity index (χ0v) is 18.0. The van der Waals surface area contributed by atoms with Crippen LogP contribution in [0, 0.1) is 5.82 Å². The van der Waals surface area contributed by atoms with Gasteiger partial charge in [-0.3, -0.25) is 0 Å². The number of alkyl halides is 6. The highest BCUT2D eigenvalue weighted by Crippen LogP contribution is 2.19. The van der Waals surface area contributed by atoms with Gasteiger partial charge in [-0.25, -0.2) is 19.0 Å². The minimum absolute atomic E-state index is 0.225. The van der Waals surface area contributed by atoms with E-state index in [0.29, 0.717) is 0 Å². The molecule has 2 aromatic rings. The van der Waals surface area contributed by atoms with E-state index in [4.69, 9.17) is 24.5 Å². The van der Waals surface area contributed by atoms with Crippen molar-refractivity contribution in [1.29, 1.82) is 0 Å². The largest absolute Gasteiger partial charge is 0.490 e. The molecule has 0 atom stereocenters. The number of aliphatic carboxylic acids is 2. The Bertz CT molecular complexity index is 871. The summed E-state index contributed by atoms with van der Waals surface area (Å²) in [5.74, 6) is -4.98. The minimum atomic E-state index is -5.08. The maximum absolute atomic E-state index is 12.8. The van der Waals surface area contributed by atoms with Crippen molar-refractivity contribution in [2.24, 2.45) is 0 Å². The van der Waals surface area contributed by atoms with Gasteiger partial charge in [-0.2, -0.15) is 26.3 Å². The standard InChI is InChI=1S/C16H20FN3O.2C2HF3O2/c17-14-1-3-15(4-2-14)21-16-5-8-19(9-6-16)11-12-20-10-7-18-13-20;2*3-2(4,5)1(6)7/h1-4,7,10,13,16H,5-6,8-9,11-12H2;2*(H,6,7). The first-order valence-corrected chi connectivity index (χ1v) is 9.89. The van der Waals surface area contributed by atoms with Crippen molar-refractivity contribution in [3.05, 3.63) is 48.8 Å². The number of rotatable bonds is 5. The molecule has 0 saturated carbocycles. The number of imidazole rings is 1. The van der Waals surface area contributed by atoms with E-state index in [9.17, 15) is 30.7 Å². The second-order valence-corrected chi connectivity index (χ2v) is 7.02. The molecule has 3 rings (SSSR count). The number of ether oxygens (including phenoxy) is 1. The van der Waals surface area contributed by atoms with Crippen LogP contribution in [0.2, 0.25) is 0 Å². The Labute approximate surface area is 194 Å². The second kappa shape index (κ2) is 13.5. The summed E-state index contributed by atoms with van der Waals surface area (Å²) in [4.78, 5) is 24.3. The number of carboxylic acids is 2. The van der Waals surface area contributed by atoms with Crippen LogP contribution >= 0.6 is 0 Å². The van der Waals surface area contributed by atoms with Crippen molar-refractivity contribution in [3.8, 4) is 5.75 Å². The number of hydrogen-bond donors (Lipinski definition) is 2. The van der Waals surface area contributed by atoms with Crippen LogP contribution in [0.5, 0.6) is 5.75 Å². The summed E-state index contributed by atoms with van der Waals surface area (Å²) in [7, 11) is 0. The molecular weight excluding hydrogens is 495 g/mol. The summed E-state index contributed by atoms with van der Waals surface area (Å²) in [6, 6.07) is 6.27. The van der Waals surface area contributed by atoms with Gasteiger partial charge in [0.2, 0.25) is 0 Å². The first-order chi connectivity index (χ1) is 16.2. The smallest absolute Gasteiger partial charge is 0.490 e. The number of hydrogen-bond acceptors (Lipinski definition) is 5. The summed E-state index contributed by atoms with van der Waals surface area (Å²) in [5, 5.41) is 14.2. The fraction of sp³-hybridized carbons (Fsp3) is 0.450. The van der Waals surface area contributed by atoms with Crippen molar-refractivity contribution in [2.45, 2.75) is 37.8 Å². The number of aromatic nitrogens is 2. The summed E-state index contributed by atoms with van der Waals surface area (Å²) in [6.45, 7) is 4.10. The van der Waals surface area contributed by atoms with Gasteiger partial charge in [-0.1, -0.05) is 0 Å². The molecule has 0 radical (unpaired) electrons. The molecule has 8 nitrogen and oxygen atoms in total. The first-order valence-electron chi connectivity index (χ1n) is 9.89. The van der Waals surface area contributed by atoms with Gasteiger partial charge in [-0.15, -0.1) is 0 Å². The van der Waals surface area contributed by atoms with Crippen LogP contribution in [0.15, 0.2) is 43.0 Å². The number of piperidine rings is 1. The third-order valence-corrected chi connectivity index (χ3v) is 4.37. The molecule has 196 valence electrons. The molecule has 2 heterocycles. The van der Waals surface area contributed by atoms with Crippen LogP contribution in [0.4, 0.5) is 30.7 Å². The van der Waals surface area contributed by atoms with Gasteiger partial charge in [0.1, 0.15) is 17.7 Å². The van der Waals surface area contributed by atoms with Crippen molar-refractivity contribution in [3.63, 3.8) is 0 Å². The minimum Gasteiger partial charge on any atom is -0.490 e. The van der Waals surface area contributed by atoms with Gasteiger partial charge >= 0.3 is 24.3 Å². The number of halogens is 7. The molecule has 1 aliphatic heterocycles.